The molecule has 1 aromatic rings. The zero-order chi connectivity index (χ0) is 9.23. The average Bonchev–Trinajstić information content (AvgIpc) is 2.08. The van der Waals surface area contributed by atoms with Gasteiger partial charge in [0, 0.05) is 0 Å². The standard InChI is InChI=1S/C8H9O.CH2Cl.Pd/c1-2-9-8-6-4-3-5-7-8;1-2;/h4-7H,2H2,1H3;1H2;. The predicted molar refractivity (Wildman–Crippen MR) is 47.2 cm³/mol. The van der Waals surface area contributed by atoms with Crippen LogP contribution in [0.4, 0.5) is 0 Å². The molecule has 1 rings (SSSR count). The van der Waals surface area contributed by atoms with Crippen LogP contribution in [0.3, 0.4) is 0 Å². The number of ether oxygens (including phenoxy) is 1. The van der Waals surface area contributed by atoms with Crippen molar-refractivity contribution in [3.8, 4) is 5.75 Å². The molecule has 0 aliphatic heterocycles. The van der Waals surface area contributed by atoms with Gasteiger partial charge >= 0.3 is 35.2 Å². The topological polar surface area (TPSA) is 9.23 Å². The van der Waals surface area contributed by atoms with Gasteiger partial charge in [0.25, 0.3) is 0 Å². The minimum absolute atomic E-state index is 0.572. The number of benzene rings is 1. The van der Waals surface area contributed by atoms with E-state index in [1.807, 2.05) is 31.2 Å². The van der Waals surface area contributed by atoms with Crippen molar-refractivity contribution in [1.29, 1.82) is 0 Å². The van der Waals surface area contributed by atoms with Gasteiger partial charge in [-0.1, -0.05) is 12.1 Å². The van der Waals surface area contributed by atoms with Crippen molar-refractivity contribution in [3.05, 3.63) is 30.3 Å². The first kappa shape index (κ1) is 12.0. The first-order valence-corrected chi connectivity index (χ1v) is 5.15. The third-order valence-electron chi connectivity index (χ3n) is 0.999. The summed E-state index contributed by atoms with van der Waals surface area (Å²) in [5.41, 5.74) is 0. The molecule has 0 atom stereocenters. The SMILES string of the molecule is CCOc1cc[c]cc1.Cl[CH2][Pd]. The summed E-state index contributed by atoms with van der Waals surface area (Å²) >= 11 is 7.64. The molecule has 1 aromatic carbocycles. The summed E-state index contributed by atoms with van der Waals surface area (Å²) in [5.74, 6) is 0.913. The van der Waals surface area contributed by atoms with E-state index >= 15 is 0 Å². The summed E-state index contributed by atoms with van der Waals surface area (Å²) in [6.07, 6.45) is 0. The molecule has 0 unspecified atom stereocenters. The van der Waals surface area contributed by atoms with Crippen LogP contribution >= 0.6 is 11.6 Å². The minimum atomic E-state index is 0.572. The van der Waals surface area contributed by atoms with Crippen molar-refractivity contribution in [1.82, 2.24) is 0 Å². The normalized spacial score (nSPS) is 8.33. The van der Waals surface area contributed by atoms with Crippen LogP contribution in [-0.2, 0) is 19.2 Å². The molecule has 0 aliphatic rings. The van der Waals surface area contributed by atoms with Gasteiger partial charge in [-0.05, 0) is 25.1 Å². The van der Waals surface area contributed by atoms with Crippen LogP contribution in [0, 0.1) is 6.07 Å². The average molecular weight is 277 g/mol. The van der Waals surface area contributed by atoms with Crippen LogP contribution < -0.4 is 4.74 Å². The van der Waals surface area contributed by atoms with E-state index in [-0.39, 0.29) is 0 Å². The van der Waals surface area contributed by atoms with Gasteiger partial charge in [0.2, 0.25) is 0 Å². The summed E-state index contributed by atoms with van der Waals surface area (Å²) in [4.78, 5) is 0. The summed E-state index contributed by atoms with van der Waals surface area (Å²) in [5, 5.41) is 0. The van der Waals surface area contributed by atoms with E-state index in [9.17, 15) is 0 Å². The Hall–Kier alpha value is -0.0277. The summed E-state index contributed by atoms with van der Waals surface area (Å²) in [6.45, 7) is 2.70. The Balaban J connectivity index is 0.000000354. The van der Waals surface area contributed by atoms with Gasteiger partial charge in [-0.25, -0.2) is 0 Å². The van der Waals surface area contributed by atoms with Gasteiger partial charge in [0.05, 0.1) is 6.61 Å². The number of rotatable bonds is 2. The maximum absolute atomic E-state index is 5.19. The molecule has 0 fully saturated rings. The van der Waals surface area contributed by atoms with E-state index in [1.165, 1.54) is 0 Å². The fourth-order valence-electron chi connectivity index (χ4n) is 0.634. The number of halogens is 1. The Morgan fingerprint density at radius 2 is 2.00 bits per heavy atom. The van der Waals surface area contributed by atoms with Crippen molar-refractivity contribution in [2.24, 2.45) is 0 Å². The molecule has 1 nitrogen and oxygen atoms in total. The molecule has 0 heterocycles. The molecule has 0 saturated carbocycles. The van der Waals surface area contributed by atoms with Crippen molar-refractivity contribution in [3.63, 3.8) is 0 Å². The van der Waals surface area contributed by atoms with E-state index < -0.39 is 0 Å². The second-order valence-electron chi connectivity index (χ2n) is 1.75. The van der Waals surface area contributed by atoms with E-state index in [0.717, 1.165) is 12.4 Å². The molecule has 0 bridgehead atoms. The molecule has 0 aromatic heterocycles. The zero-order valence-electron chi connectivity index (χ0n) is 6.83. The second-order valence-corrected chi connectivity index (χ2v) is 3.17. The Labute approximate surface area is 89.5 Å². The molecule has 3 heteroatoms. The van der Waals surface area contributed by atoms with Crippen LogP contribution in [0.2, 0.25) is 0 Å². The van der Waals surface area contributed by atoms with Crippen molar-refractivity contribution >= 4 is 11.6 Å². The van der Waals surface area contributed by atoms with E-state index in [4.69, 9.17) is 16.3 Å². The quantitative estimate of drug-likeness (QED) is 0.596. The molecule has 12 heavy (non-hydrogen) atoms. The fraction of sp³-hybridized carbons (Fsp3) is 0.333. The maximum atomic E-state index is 5.19. The molecular formula is C9H11ClOPd. The summed E-state index contributed by atoms with van der Waals surface area (Å²) < 4.78 is 5.76. The Bertz CT molecular complexity index is 179. The monoisotopic (exact) mass is 276 g/mol. The van der Waals surface area contributed by atoms with Crippen LogP contribution in [-0.4, -0.2) is 11.0 Å². The summed E-state index contributed by atoms with van der Waals surface area (Å²) in [7, 11) is 0. The van der Waals surface area contributed by atoms with Crippen molar-refractivity contribution < 1.29 is 23.9 Å². The van der Waals surface area contributed by atoms with Gasteiger partial charge < -0.3 is 4.74 Å². The number of hydrogen-bond donors (Lipinski definition) is 0. The Morgan fingerprint density at radius 1 is 1.50 bits per heavy atom. The van der Waals surface area contributed by atoms with Crippen LogP contribution in [0.15, 0.2) is 24.3 Å². The second kappa shape index (κ2) is 9.06. The van der Waals surface area contributed by atoms with Crippen molar-refractivity contribution in [2.75, 3.05) is 11.0 Å². The van der Waals surface area contributed by atoms with Gasteiger partial charge in [0.15, 0.2) is 0 Å². The Kier molecular flexibility index (Phi) is 9.04. The molecule has 0 aliphatic carbocycles. The van der Waals surface area contributed by atoms with Crippen LogP contribution in [0.5, 0.6) is 5.75 Å². The third-order valence-corrected chi connectivity index (χ3v) is 0.999. The van der Waals surface area contributed by atoms with Gasteiger partial charge in [-0.2, -0.15) is 0 Å². The molecule has 0 saturated heterocycles. The molecule has 0 amide bonds. The van der Waals surface area contributed by atoms with Gasteiger partial charge in [-0.15, -0.1) is 0 Å². The first-order valence-electron chi connectivity index (χ1n) is 3.51. The van der Waals surface area contributed by atoms with Crippen molar-refractivity contribution in [2.45, 2.75) is 6.92 Å². The fourth-order valence-corrected chi connectivity index (χ4v) is 0.634. The Morgan fingerprint density at radius 3 is 2.42 bits per heavy atom. The molecular weight excluding hydrogens is 266 g/mol. The van der Waals surface area contributed by atoms with Gasteiger partial charge in [0.1, 0.15) is 5.75 Å². The van der Waals surface area contributed by atoms with E-state index in [0.29, 0.717) is 4.35 Å². The number of alkyl halides is 1. The van der Waals surface area contributed by atoms with E-state index in [2.05, 4.69) is 25.3 Å². The molecule has 0 spiro atoms. The number of hydrogen-bond acceptors (Lipinski definition) is 1. The third kappa shape index (κ3) is 6.67. The van der Waals surface area contributed by atoms with Gasteiger partial charge in [-0.3, -0.25) is 0 Å². The van der Waals surface area contributed by atoms with Crippen LogP contribution in [0.1, 0.15) is 6.92 Å². The molecule has 1 radical (unpaired) electrons. The van der Waals surface area contributed by atoms with E-state index in [1.54, 1.807) is 0 Å². The summed E-state index contributed by atoms with van der Waals surface area (Å²) in [6, 6.07) is 10.4. The van der Waals surface area contributed by atoms with Crippen LogP contribution in [0.25, 0.3) is 0 Å². The predicted octanol–water partition coefficient (Wildman–Crippen LogP) is 2.61. The zero-order valence-corrected chi connectivity index (χ0v) is 9.14. The molecule has 0 N–H and O–H groups in total. The molecule has 70 valence electrons. The first-order chi connectivity index (χ1) is 5.85.